The van der Waals surface area contributed by atoms with Gasteiger partial charge in [-0.05, 0) is 41.8 Å². The molecule has 0 saturated carbocycles. The maximum Gasteiger partial charge on any atom is 0.256 e. The van der Waals surface area contributed by atoms with Crippen LogP contribution in [0.4, 0.5) is 5.69 Å². The van der Waals surface area contributed by atoms with Crippen LogP contribution in [0.5, 0.6) is 0 Å². The number of anilines is 1. The number of rotatable bonds is 3. The van der Waals surface area contributed by atoms with Crippen LogP contribution < -0.4 is 5.32 Å². The second-order valence-electron chi connectivity index (χ2n) is 10.9. The van der Waals surface area contributed by atoms with Gasteiger partial charge < -0.3 is 15.2 Å². The van der Waals surface area contributed by atoms with Crippen LogP contribution in [0.2, 0.25) is 0 Å². The molecule has 3 aromatic heterocycles. The summed E-state index contributed by atoms with van der Waals surface area (Å²) in [4.78, 5) is 37.0. The van der Waals surface area contributed by atoms with Crippen LogP contribution in [0.25, 0.3) is 44.3 Å². The standard InChI is InChI=1S/C33H26N6O2/c1-38-29-22(17-35-38)8-5-9-23(29)21-10-12-28-26(16-21)33(32(41)37-28)14-15-39(19-33)31(40)25-18-34-30-24(25)11-13-27(36-30)20-6-3-2-4-7-20/h2-13,16-18H,14-15,19H2,1H3,(H,34,36)(H,37,41). The van der Waals surface area contributed by atoms with Crippen LogP contribution >= 0.6 is 0 Å². The highest BCUT2D eigenvalue weighted by Gasteiger charge is 2.52. The maximum absolute atomic E-state index is 13.8. The summed E-state index contributed by atoms with van der Waals surface area (Å²) in [6.45, 7) is 0.821. The monoisotopic (exact) mass is 538 g/mol. The lowest BCUT2D eigenvalue weighted by molar-refractivity contribution is -0.120. The summed E-state index contributed by atoms with van der Waals surface area (Å²) in [6, 6.07) is 26.2. The predicted molar refractivity (Wildman–Crippen MR) is 159 cm³/mol. The maximum atomic E-state index is 13.8. The summed E-state index contributed by atoms with van der Waals surface area (Å²) in [7, 11) is 1.94. The van der Waals surface area contributed by atoms with E-state index in [9.17, 15) is 9.59 Å². The van der Waals surface area contributed by atoms with Gasteiger partial charge in [-0.2, -0.15) is 5.10 Å². The molecular formula is C33H26N6O2. The van der Waals surface area contributed by atoms with E-state index in [1.807, 2.05) is 78.6 Å². The Balaban J connectivity index is 1.12. The van der Waals surface area contributed by atoms with Gasteiger partial charge in [0.1, 0.15) is 5.65 Å². The number of hydrogen-bond donors (Lipinski definition) is 2. The predicted octanol–water partition coefficient (Wildman–Crippen LogP) is 5.52. The molecule has 1 unspecified atom stereocenters. The highest BCUT2D eigenvalue weighted by Crippen LogP contribution is 2.46. The number of para-hydroxylation sites is 1. The first-order valence-corrected chi connectivity index (χ1v) is 13.7. The Kier molecular flexibility index (Phi) is 4.97. The number of aromatic amines is 1. The van der Waals surface area contributed by atoms with Gasteiger partial charge in [0.2, 0.25) is 5.91 Å². The number of benzene rings is 3. The Morgan fingerprint density at radius 3 is 2.73 bits per heavy atom. The molecule has 2 aliphatic heterocycles. The fourth-order valence-corrected chi connectivity index (χ4v) is 6.56. The van der Waals surface area contributed by atoms with Gasteiger partial charge in [-0.3, -0.25) is 14.3 Å². The number of aromatic nitrogens is 4. The van der Waals surface area contributed by atoms with Crippen molar-refractivity contribution in [1.29, 1.82) is 0 Å². The van der Waals surface area contributed by atoms with Crippen molar-refractivity contribution < 1.29 is 9.59 Å². The van der Waals surface area contributed by atoms with Gasteiger partial charge in [-0.1, -0.05) is 54.6 Å². The zero-order valence-electron chi connectivity index (χ0n) is 22.4. The third-order valence-corrected chi connectivity index (χ3v) is 8.68. The fourth-order valence-electron chi connectivity index (χ4n) is 6.56. The number of carbonyl (C=O) groups is 2. The van der Waals surface area contributed by atoms with Gasteiger partial charge in [0, 0.05) is 53.9 Å². The van der Waals surface area contributed by atoms with Crippen molar-refractivity contribution in [1.82, 2.24) is 24.6 Å². The van der Waals surface area contributed by atoms with E-state index in [-0.39, 0.29) is 11.8 Å². The lowest BCUT2D eigenvalue weighted by Gasteiger charge is -2.23. The molecule has 2 aliphatic rings. The molecular weight excluding hydrogens is 512 g/mol. The van der Waals surface area contributed by atoms with Crippen LogP contribution in [0, 0.1) is 0 Å². The molecule has 0 bridgehead atoms. The number of carbonyl (C=O) groups excluding carboxylic acids is 2. The number of aryl methyl sites for hydroxylation is 1. The minimum atomic E-state index is -0.786. The molecule has 8 heteroatoms. The summed E-state index contributed by atoms with van der Waals surface area (Å²) in [5.74, 6) is -0.147. The average molecular weight is 539 g/mol. The molecule has 2 N–H and O–H groups in total. The Morgan fingerprint density at radius 1 is 0.976 bits per heavy atom. The fraction of sp³-hybridized carbons (Fsp3) is 0.152. The number of hydrogen-bond acceptors (Lipinski definition) is 4. The Hall–Kier alpha value is -5.24. The van der Waals surface area contributed by atoms with E-state index in [1.54, 1.807) is 11.1 Å². The molecule has 200 valence electrons. The normalized spacial score (nSPS) is 18.0. The summed E-state index contributed by atoms with van der Waals surface area (Å²) in [6.07, 6.45) is 4.16. The van der Waals surface area contributed by atoms with Crippen molar-refractivity contribution in [3.8, 4) is 22.4 Å². The van der Waals surface area contributed by atoms with Crippen LogP contribution in [-0.4, -0.2) is 49.6 Å². The minimum Gasteiger partial charge on any atom is -0.345 e. The highest BCUT2D eigenvalue weighted by atomic mass is 16.2. The van der Waals surface area contributed by atoms with Crippen molar-refractivity contribution in [2.24, 2.45) is 7.05 Å². The molecule has 6 aromatic rings. The van der Waals surface area contributed by atoms with Crippen LogP contribution in [-0.2, 0) is 17.3 Å². The zero-order chi connectivity index (χ0) is 27.7. The smallest absolute Gasteiger partial charge is 0.256 e. The van der Waals surface area contributed by atoms with Crippen molar-refractivity contribution in [2.45, 2.75) is 11.8 Å². The molecule has 0 radical (unpaired) electrons. The van der Waals surface area contributed by atoms with Gasteiger partial charge in [-0.25, -0.2) is 4.98 Å². The first kappa shape index (κ1) is 23.6. The van der Waals surface area contributed by atoms with Crippen molar-refractivity contribution >= 4 is 39.4 Å². The molecule has 5 heterocycles. The van der Waals surface area contributed by atoms with Crippen LogP contribution in [0.15, 0.2) is 91.3 Å². The number of pyridine rings is 1. The molecule has 8 rings (SSSR count). The number of likely N-dealkylation sites (tertiary alicyclic amines) is 1. The zero-order valence-corrected chi connectivity index (χ0v) is 22.4. The quantitative estimate of drug-likeness (QED) is 0.310. The average Bonchev–Trinajstić information content (AvgIpc) is 3.79. The summed E-state index contributed by atoms with van der Waals surface area (Å²) in [5, 5.41) is 9.36. The lowest BCUT2D eigenvalue weighted by Crippen LogP contribution is -2.39. The number of amides is 2. The summed E-state index contributed by atoms with van der Waals surface area (Å²) < 4.78 is 1.88. The largest absolute Gasteiger partial charge is 0.345 e. The third kappa shape index (κ3) is 3.47. The summed E-state index contributed by atoms with van der Waals surface area (Å²) in [5.41, 5.74) is 7.21. The van der Waals surface area contributed by atoms with E-state index in [1.165, 1.54) is 0 Å². The molecule has 8 nitrogen and oxygen atoms in total. The number of nitrogens with one attached hydrogen (secondary N) is 2. The van der Waals surface area contributed by atoms with Gasteiger partial charge in [-0.15, -0.1) is 0 Å². The molecule has 0 aliphatic carbocycles. The van der Waals surface area contributed by atoms with E-state index in [4.69, 9.17) is 4.98 Å². The molecule has 1 atom stereocenters. The van der Waals surface area contributed by atoms with Gasteiger partial charge in [0.15, 0.2) is 0 Å². The van der Waals surface area contributed by atoms with E-state index in [0.717, 1.165) is 49.9 Å². The van der Waals surface area contributed by atoms with E-state index >= 15 is 0 Å². The Morgan fingerprint density at radius 2 is 1.85 bits per heavy atom. The first-order valence-electron chi connectivity index (χ1n) is 13.7. The van der Waals surface area contributed by atoms with Crippen LogP contribution in [0.1, 0.15) is 22.3 Å². The molecule has 2 amide bonds. The van der Waals surface area contributed by atoms with Crippen molar-refractivity contribution in [2.75, 3.05) is 18.4 Å². The number of nitrogens with zero attached hydrogens (tertiary/aromatic N) is 4. The van der Waals surface area contributed by atoms with Crippen LogP contribution in [0.3, 0.4) is 0 Å². The Labute approximate surface area is 235 Å². The molecule has 1 fully saturated rings. The van der Waals surface area contributed by atoms with E-state index in [0.29, 0.717) is 30.7 Å². The van der Waals surface area contributed by atoms with Crippen molar-refractivity contribution in [3.63, 3.8) is 0 Å². The molecule has 41 heavy (non-hydrogen) atoms. The van der Waals surface area contributed by atoms with E-state index < -0.39 is 5.41 Å². The highest BCUT2D eigenvalue weighted by molar-refractivity contribution is 6.10. The Bertz CT molecular complexity index is 2020. The van der Waals surface area contributed by atoms with Gasteiger partial charge in [0.25, 0.3) is 5.91 Å². The van der Waals surface area contributed by atoms with Gasteiger partial charge in [0.05, 0.1) is 28.4 Å². The second-order valence-corrected chi connectivity index (χ2v) is 10.9. The second kappa shape index (κ2) is 8.63. The lowest BCUT2D eigenvalue weighted by atomic mass is 9.80. The van der Waals surface area contributed by atoms with Gasteiger partial charge >= 0.3 is 0 Å². The first-order chi connectivity index (χ1) is 20.0. The summed E-state index contributed by atoms with van der Waals surface area (Å²) >= 11 is 0. The SMILES string of the molecule is Cn1ncc2cccc(-c3ccc4c(c3)C3(CCN(C(=O)c5c[nH]c6nc(-c7ccccc7)ccc56)C3)C(=O)N4)c21. The van der Waals surface area contributed by atoms with Crippen molar-refractivity contribution in [3.05, 3.63) is 102 Å². The third-order valence-electron chi connectivity index (χ3n) is 8.68. The number of H-pyrrole nitrogens is 1. The molecule has 1 spiro atoms. The topological polar surface area (TPSA) is 95.9 Å². The molecule has 3 aromatic carbocycles. The minimum absolute atomic E-state index is 0.0493. The molecule has 1 saturated heterocycles. The van der Waals surface area contributed by atoms with E-state index in [2.05, 4.69) is 33.6 Å². The number of fused-ring (bicyclic) bond motifs is 4.